The van der Waals surface area contributed by atoms with Gasteiger partial charge in [0.2, 0.25) is 0 Å². The number of Topliss-reactive ketones (excluding diaryl/α,β-unsaturated/α-hetero) is 1. The number of nitrogens with one attached hydrogen (secondary N) is 1. The summed E-state index contributed by atoms with van der Waals surface area (Å²) in [5.41, 5.74) is 0.742. The summed E-state index contributed by atoms with van der Waals surface area (Å²) in [6.45, 7) is 2.99. The maximum absolute atomic E-state index is 12.4. The van der Waals surface area contributed by atoms with Gasteiger partial charge in [-0.05, 0) is 44.1 Å². The molecule has 1 N–H and O–H groups in total. The third-order valence-electron chi connectivity index (χ3n) is 3.54. The first-order valence-corrected chi connectivity index (χ1v) is 6.49. The van der Waals surface area contributed by atoms with E-state index >= 15 is 0 Å². The van der Waals surface area contributed by atoms with Crippen LogP contribution >= 0.6 is 0 Å². The minimum atomic E-state index is 0.147. The fourth-order valence-corrected chi connectivity index (χ4v) is 2.52. The molecule has 0 aromatic heterocycles. The molecule has 0 aliphatic carbocycles. The Hall–Kier alpha value is -1.55. The molecule has 0 spiro atoms. The van der Waals surface area contributed by atoms with E-state index in [-0.39, 0.29) is 11.7 Å². The summed E-state index contributed by atoms with van der Waals surface area (Å²) in [5, 5.41) is 3.27. The lowest BCUT2D eigenvalue weighted by Gasteiger charge is -2.23. The van der Waals surface area contributed by atoms with E-state index < -0.39 is 0 Å². The van der Waals surface area contributed by atoms with Gasteiger partial charge in [-0.3, -0.25) is 4.79 Å². The fourth-order valence-electron chi connectivity index (χ4n) is 2.52. The summed E-state index contributed by atoms with van der Waals surface area (Å²) in [5.74, 6) is 1.81. The van der Waals surface area contributed by atoms with Crippen LogP contribution in [0, 0.1) is 5.92 Å². The molecule has 1 aromatic carbocycles. The van der Waals surface area contributed by atoms with Crippen LogP contribution in [0.1, 0.15) is 23.2 Å². The molecule has 0 saturated carbocycles. The van der Waals surface area contributed by atoms with E-state index in [0.29, 0.717) is 19.0 Å². The number of fused-ring (bicyclic) bond motifs is 1. The lowest BCUT2D eigenvalue weighted by Crippen LogP contribution is -2.31. The number of hydrogen-bond donors (Lipinski definition) is 1. The standard InChI is InChI=1S/C14H17NO3/c16-14(10-3-5-15-6-4-10)11-1-2-12-13(9-11)18-8-7-17-12/h1-2,9-10,15H,3-8H2. The Kier molecular flexibility index (Phi) is 3.19. The van der Waals surface area contributed by atoms with Crippen molar-refractivity contribution in [1.29, 1.82) is 0 Å². The zero-order chi connectivity index (χ0) is 12.4. The van der Waals surface area contributed by atoms with Crippen molar-refractivity contribution in [3.05, 3.63) is 23.8 Å². The fraction of sp³-hybridized carbons (Fsp3) is 0.500. The van der Waals surface area contributed by atoms with E-state index in [1.54, 1.807) is 0 Å². The lowest BCUT2D eigenvalue weighted by molar-refractivity contribution is 0.0894. The predicted molar refractivity (Wildman–Crippen MR) is 67.4 cm³/mol. The quantitative estimate of drug-likeness (QED) is 0.807. The van der Waals surface area contributed by atoms with Gasteiger partial charge in [-0.15, -0.1) is 0 Å². The smallest absolute Gasteiger partial charge is 0.166 e. The Balaban J connectivity index is 1.80. The Morgan fingerprint density at radius 2 is 1.83 bits per heavy atom. The summed E-state index contributed by atoms with van der Waals surface area (Å²) in [7, 11) is 0. The highest BCUT2D eigenvalue weighted by Gasteiger charge is 2.23. The SMILES string of the molecule is O=C(c1ccc2c(c1)OCCO2)C1CCNCC1. The van der Waals surface area contributed by atoms with Crippen LogP contribution in [-0.2, 0) is 0 Å². The number of carbonyl (C=O) groups excluding carboxylic acids is 1. The number of hydrogen-bond acceptors (Lipinski definition) is 4. The van der Waals surface area contributed by atoms with Crippen molar-refractivity contribution >= 4 is 5.78 Å². The van der Waals surface area contributed by atoms with Crippen molar-refractivity contribution in [3.8, 4) is 11.5 Å². The van der Waals surface area contributed by atoms with Crippen LogP contribution in [-0.4, -0.2) is 32.1 Å². The molecule has 0 bridgehead atoms. The van der Waals surface area contributed by atoms with Crippen molar-refractivity contribution in [2.75, 3.05) is 26.3 Å². The average Bonchev–Trinajstić information content (AvgIpc) is 2.47. The first kappa shape index (κ1) is 11.5. The molecule has 18 heavy (non-hydrogen) atoms. The van der Waals surface area contributed by atoms with Gasteiger partial charge in [0.25, 0.3) is 0 Å². The van der Waals surface area contributed by atoms with Crippen molar-refractivity contribution in [1.82, 2.24) is 5.32 Å². The summed E-state index contributed by atoms with van der Waals surface area (Å²) >= 11 is 0. The first-order chi connectivity index (χ1) is 8.84. The van der Waals surface area contributed by atoms with Gasteiger partial charge < -0.3 is 14.8 Å². The number of carbonyl (C=O) groups is 1. The van der Waals surface area contributed by atoms with Crippen molar-refractivity contribution < 1.29 is 14.3 Å². The molecule has 1 saturated heterocycles. The molecule has 4 nitrogen and oxygen atoms in total. The third-order valence-corrected chi connectivity index (χ3v) is 3.54. The number of ether oxygens (including phenoxy) is 2. The van der Waals surface area contributed by atoms with E-state index in [2.05, 4.69) is 5.32 Å². The normalized spacial score (nSPS) is 19.6. The molecular weight excluding hydrogens is 230 g/mol. The van der Waals surface area contributed by atoms with Gasteiger partial charge in [0.05, 0.1) is 0 Å². The maximum atomic E-state index is 12.4. The predicted octanol–water partition coefficient (Wildman–Crippen LogP) is 1.64. The molecule has 96 valence electrons. The Morgan fingerprint density at radius 1 is 1.11 bits per heavy atom. The Morgan fingerprint density at radius 3 is 2.61 bits per heavy atom. The molecule has 4 heteroatoms. The molecule has 0 amide bonds. The zero-order valence-corrected chi connectivity index (χ0v) is 10.3. The van der Waals surface area contributed by atoms with Crippen LogP contribution < -0.4 is 14.8 Å². The molecule has 1 aromatic rings. The average molecular weight is 247 g/mol. The highest BCUT2D eigenvalue weighted by atomic mass is 16.6. The van der Waals surface area contributed by atoms with Crippen LogP contribution in [0.5, 0.6) is 11.5 Å². The van der Waals surface area contributed by atoms with Crippen LogP contribution in [0.2, 0.25) is 0 Å². The summed E-state index contributed by atoms with van der Waals surface area (Å²) in [4.78, 5) is 12.4. The highest BCUT2D eigenvalue weighted by molar-refractivity contribution is 5.98. The van der Waals surface area contributed by atoms with E-state index in [0.717, 1.165) is 37.2 Å². The highest BCUT2D eigenvalue weighted by Crippen LogP contribution is 2.32. The minimum absolute atomic E-state index is 0.147. The molecule has 1 fully saturated rings. The molecule has 3 rings (SSSR count). The van der Waals surface area contributed by atoms with Gasteiger partial charge in [0.1, 0.15) is 13.2 Å². The van der Waals surface area contributed by atoms with E-state index in [4.69, 9.17) is 9.47 Å². The monoisotopic (exact) mass is 247 g/mol. The van der Waals surface area contributed by atoms with Crippen LogP contribution in [0.25, 0.3) is 0 Å². The van der Waals surface area contributed by atoms with Crippen molar-refractivity contribution in [3.63, 3.8) is 0 Å². The number of benzene rings is 1. The van der Waals surface area contributed by atoms with Crippen LogP contribution in [0.3, 0.4) is 0 Å². The third kappa shape index (κ3) is 2.20. The number of piperidine rings is 1. The lowest BCUT2D eigenvalue weighted by atomic mass is 9.89. The van der Waals surface area contributed by atoms with Gasteiger partial charge in [0, 0.05) is 11.5 Å². The van der Waals surface area contributed by atoms with Crippen molar-refractivity contribution in [2.24, 2.45) is 5.92 Å². The second kappa shape index (κ2) is 4.98. The van der Waals surface area contributed by atoms with Crippen molar-refractivity contribution in [2.45, 2.75) is 12.8 Å². The molecular formula is C14H17NO3. The minimum Gasteiger partial charge on any atom is -0.486 e. The first-order valence-electron chi connectivity index (χ1n) is 6.49. The van der Waals surface area contributed by atoms with Crippen LogP contribution in [0.15, 0.2) is 18.2 Å². The molecule has 0 radical (unpaired) electrons. The van der Waals surface area contributed by atoms with Gasteiger partial charge in [-0.25, -0.2) is 0 Å². The summed E-state index contributed by atoms with van der Waals surface area (Å²) < 4.78 is 11.0. The largest absolute Gasteiger partial charge is 0.486 e. The van der Waals surface area contributed by atoms with E-state index in [9.17, 15) is 4.79 Å². The molecule has 0 unspecified atom stereocenters. The molecule has 2 aliphatic rings. The molecule has 0 atom stereocenters. The maximum Gasteiger partial charge on any atom is 0.166 e. The zero-order valence-electron chi connectivity index (χ0n) is 10.3. The van der Waals surface area contributed by atoms with Gasteiger partial charge in [-0.1, -0.05) is 0 Å². The van der Waals surface area contributed by atoms with Gasteiger partial charge in [0.15, 0.2) is 17.3 Å². The second-order valence-electron chi connectivity index (χ2n) is 4.75. The number of rotatable bonds is 2. The van der Waals surface area contributed by atoms with Crippen LogP contribution in [0.4, 0.5) is 0 Å². The number of ketones is 1. The van der Waals surface area contributed by atoms with Gasteiger partial charge in [-0.2, -0.15) is 0 Å². The topological polar surface area (TPSA) is 47.6 Å². The Bertz CT molecular complexity index is 452. The summed E-state index contributed by atoms with van der Waals surface area (Å²) in [6, 6.07) is 5.50. The van der Waals surface area contributed by atoms with E-state index in [1.165, 1.54) is 0 Å². The molecule has 2 aliphatic heterocycles. The second-order valence-corrected chi connectivity index (χ2v) is 4.75. The Labute approximate surface area is 106 Å². The molecule has 2 heterocycles. The van der Waals surface area contributed by atoms with Gasteiger partial charge >= 0.3 is 0 Å². The summed E-state index contributed by atoms with van der Waals surface area (Å²) in [6.07, 6.45) is 1.85. The van der Waals surface area contributed by atoms with E-state index in [1.807, 2.05) is 18.2 Å².